The SMILES string of the molecule is CCNC(=NCCNc1nc2ccccc2s1)N1CCC(OCCCOC)CC1. The van der Waals surface area contributed by atoms with Crippen LogP contribution in [0.5, 0.6) is 0 Å². The van der Waals surface area contributed by atoms with Crippen molar-refractivity contribution in [1.29, 1.82) is 0 Å². The van der Waals surface area contributed by atoms with Crippen LogP contribution in [0.1, 0.15) is 26.2 Å². The van der Waals surface area contributed by atoms with Crippen LogP contribution in [0.25, 0.3) is 10.2 Å². The lowest BCUT2D eigenvalue weighted by Crippen LogP contribution is -2.47. The predicted octanol–water partition coefficient (Wildman–Crippen LogP) is 3.19. The van der Waals surface area contributed by atoms with Gasteiger partial charge in [-0.05, 0) is 38.3 Å². The summed E-state index contributed by atoms with van der Waals surface area (Å²) in [6.45, 7) is 7.97. The Hall–Kier alpha value is -1.90. The Kier molecular flexibility index (Phi) is 8.98. The molecule has 0 unspecified atom stereocenters. The van der Waals surface area contributed by atoms with E-state index in [4.69, 9.17) is 14.5 Å². The van der Waals surface area contributed by atoms with Gasteiger partial charge in [0.25, 0.3) is 0 Å². The van der Waals surface area contributed by atoms with Crippen molar-refractivity contribution in [1.82, 2.24) is 15.2 Å². The highest BCUT2D eigenvalue weighted by Gasteiger charge is 2.21. The second-order valence-corrected chi connectivity index (χ2v) is 8.08. The number of rotatable bonds is 10. The van der Waals surface area contributed by atoms with Crippen molar-refractivity contribution in [2.45, 2.75) is 32.3 Å². The molecule has 1 fully saturated rings. The quantitative estimate of drug-likeness (QED) is 0.350. The molecule has 0 amide bonds. The van der Waals surface area contributed by atoms with Gasteiger partial charge < -0.3 is 25.0 Å². The van der Waals surface area contributed by atoms with Crippen LogP contribution in [0.3, 0.4) is 0 Å². The Balaban J connectivity index is 1.42. The highest BCUT2D eigenvalue weighted by Crippen LogP contribution is 2.25. The number of fused-ring (bicyclic) bond motifs is 1. The third-order valence-corrected chi connectivity index (χ3v) is 5.86. The van der Waals surface area contributed by atoms with Gasteiger partial charge in [0.2, 0.25) is 0 Å². The molecule has 7 nitrogen and oxygen atoms in total. The van der Waals surface area contributed by atoms with Gasteiger partial charge in [0.15, 0.2) is 11.1 Å². The van der Waals surface area contributed by atoms with Crippen molar-refractivity contribution >= 4 is 32.6 Å². The molecule has 0 saturated carbocycles. The van der Waals surface area contributed by atoms with Gasteiger partial charge in [-0.2, -0.15) is 0 Å². The minimum absolute atomic E-state index is 0.353. The number of nitrogens with zero attached hydrogens (tertiary/aromatic N) is 3. The molecule has 3 rings (SSSR count). The first-order valence-electron chi connectivity index (χ1n) is 10.5. The number of para-hydroxylation sites is 1. The van der Waals surface area contributed by atoms with Gasteiger partial charge in [-0.15, -0.1) is 0 Å². The summed E-state index contributed by atoms with van der Waals surface area (Å²) in [5.74, 6) is 0.997. The van der Waals surface area contributed by atoms with Crippen LogP contribution in [-0.2, 0) is 9.47 Å². The minimum atomic E-state index is 0.353. The maximum Gasteiger partial charge on any atom is 0.193 e. The van der Waals surface area contributed by atoms with Crippen molar-refractivity contribution in [3.05, 3.63) is 24.3 Å². The number of aliphatic imine (C=N–C) groups is 1. The number of anilines is 1. The fourth-order valence-electron chi connectivity index (χ4n) is 3.39. The van der Waals surface area contributed by atoms with E-state index in [1.165, 1.54) is 4.70 Å². The number of hydrogen-bond acceptors (Lipinski definition) is 6. The molecule has 0 spiro atoms. The molecule has 0 aliphatic carbocycles. The summed E-state index contributed by atoms with van der Waals surface area (Å²) < 4.78 is 12.2. The highest BCUT2D eigenvalue weighted by atomic mass is 32.1. The van der Waals surface area contributed by atoms with Crippen molar-refractivity contribution < 1.29 is 9.47 Å². The van der Waals surface area contributed by atoms with Gasteiger partial charge in [0.1, 0.15) is 0 Å². The monoisotopic (exact) mass is 419 g/mol. The van der Waals surface area contributed by atoms with Crippen molar-refractivity contribution in [3.8, 4) is 0 Å². The molecule has 1 aliphatic heterocycles. The van der Waals surface area contributed by atoms with E-state index in [-0.39, 0.29) is 0 Å². The van der Waals surface area contributed by atoms with E-state index in [2.05, 4.69) is 33.5 Å². The molecule has 2 N–H and O–H groups in total. The largest absolute Gasteiger partial charge is 0.385 e. The van der Waals surface area contributed by atoms with Crippen LogP contribution in [0, 0.1) is 0 Å². The number of nitrogens with one attached hydrogen (secondary N) is 2. The fraction of sp³-hybridized carbons (Fsp3) is 0.619. The number of aromatic nitrogens is 1. The maximum absolute atomic E-state index is 5.96. The van der Waals surface area contributed by atoms with E-state index in [9.17, 15) is 0 Å². The minimum Gasteiger partial charge on any atom is -0.385 e. The molecular formula is C21H33N5O2S. The number of guanidine groups is 1. The lowest BCUT2D eigenvalue weighted by molar-refractivity contribution is 0.00991. The van der Waals surface area contributed by atoms with Crippen LogP contribution in [0.15, 0.2) is 29.3 Å². The zero-order valence-electron chi connectivity index (χ0n) is 17.5. The molecule has 1 aliphatic rings. The lowest BCUT2D eigenvalue weighted by Gasteiger charge is -2.34. The number of ether oxygens (including phenoxy) is 2. The van der Waals surface area contributed by atoms with Crippen LogP contribution in [0.4, 0.5) is 5.13 Å². The summed E-state index contributed by atoms with van der Waals surface area (Å²) in [7, 11) is 1.73. The summed E-state index contributed by atoms with van der Waals surface area (Å²) in [5.41, 5.74) is 1.05. The van der Waals surface area contributed by atoms with Crippen LogP contribution < -0.4 is 10.6 Å². The highest BCUT2D eigenvalue weighted by molar-refractivity contribution is 7.22. The number of thiazole rings is 1. The zero-order valence-corrected chi connectivity index (χ0v) is 18.3. The Morgan fingerprint density at radius 3 is 2.86 bits per heavy atom. The van der Waals surface area contributed by atoms with E-state index >= 15 is 0 Å². The van der Waals surface area contributed by atoms with E-state index in [1.54, 1.807) is 18.4 Å². The van der Waals surface area contributed by atoms with E-state index in [1.807, 2.05) is 18.2 Å². The van der Waals surface area contributed by atoms with Gasteiger partial charge in [0, 0.05) is 46.5 Å². The third-order valence-electron chi connectivity index (χ3n) is 4.87. The normalized spacial score (nSPS) is 15.8. The number of likely N-dealkylation sites (tertiary alicyclic amines) is 1. The van der Waals surface area contributed by atoms with Gasteiger partial charge in [-0.3, -0.25) is 4.99 Å². The molecule has 1 saturated heterocycles. The topological polar surface area (TPSA) is 71.0 Å². The Morgan fingerprint density at radius 1 is 1.28 bits per heavy atom. The van der Waals surface area contributed by atoms with Crippen molar-refractivity contribution in [2.75, 3.05) is 58.4 Å². The zero-order chi connectivity index (χ0) is 20.3. The first-order valence-corrected chi connectivity index (χ1v) is 11.3. The van der Waals surface area contributed by atoms with Gasteiger partial charge in [-0.25, -0.2) is 4.98 Å². The lowest BCUT2D eigenvalue weighted by atomic mass is 10.1. The Labute approximate surface area is 177 Å². The molecule has 2 aromatic rings. The molecule has 29 heavy (non-hydrogen) atoms. The van der Waals surface area contributed by atoms with E-state index < -0.39 is 0 Å². The third kappa shape index (κ3) is 6.83. The molecule has 1 aromatic heterocycles. The summed E-state index contributed by atoms with van der Waals surface area (Å²) in [5, 5.41) is 7.78. The summed E-state index contributed by atoms with van der Waals surface area (Å²) in [4.78, 5) is 11.8. The number of benzene rings is 1. The van der Waals surface area contributed by atoms with Crippen molar-refractivity contribution in [3.63, 3.8) is 0 Å². The van der Waals surface area contributed by atoms with Crippen LogP contribution in [0.2, 0.25) is 0 Å². The fourth-order valence-corrected chi connectivity index (χ4v) is 4.28. The average molecular weight is 420 g/mol. The van der Waals surface area contributed by atoms with Gasteiger partial charge in [0.05, 0.1) is 22.9 Å². The predicted molar refractivity (Wildman–Crippen MR) is 121 cm³/mol. The molecular weight excluding hydrogens is 386 g/mol. The number of hydrogen-bond donors (Lipinski definition) is 2. The summed E-state index contributed by atoms with van der Waals surface area (Å²) in [6.07, 6.45) is 3.40. The van der Waals surface area contributed by atoms with Gasteiger partial charge in [-0.1, -0.05) is 23.5 Å². The van der Waals surface area contributed by atoms with Crippen molar-refractivity contribution in [2.24, 2.45) is 4.99 Å². The molecule has 8 heteroatoms. The molecule has 2 heterocycles. The average Bonchev–Trinajstić information content (AvgIpc) is 3.17. The Morgan fingerprint density at radius 2 is 2.10 bits per heavy atom. The first-order chi connectivity index (χ1) is 14.3. The molecule has 160 valence electrons. The Bertz CT molecular complexity index is 725. The molecule has 0 radical (unpaired) electrons. The maximum atomic E-state index is 5.96. The second-order valence-electron chi connectivity index (χ2n) is 7.05. The number of piperidine rings is 1. The summed E-state index contributed by atoms with van der Waals surface area (Å²) in [6, 6.07) is 8.21. The standard InChI is InChI=1S/C21H33N5O2S/c1-3-22-20(26-13-9-17(10-14-26)28-16-6-15-27-2)23-11-12-24-21-25-18-7-4-5-8-19(18)29-21/h4-5,7-8,17H,3,6,9-16H2,1-2H3,(H,22,23)(H,24,25). The van der Waals surface area contributed by atoms with Gasteiger partial charge >= 0.3 is 0 Å². The first kappa shape index (κ1) is 21.8. The molecule has 0 atom stereocenters. The van der Waals surface area contributed by atoms with E-state index in [0.717, 1.165) is 75.3 Å². The van der Waals surface area contributed by atoms with Crippen LogP contribution >= 0.6 is 11.3 Å². The second kappa shape index (κ2) is 11.9. The number of methoxy groups -OCH3 is 1. The molecule has 0 bridgehead atoms. The molecule has 1 aromatic carbocycles. The van der Waals surface area contributed by atoms with Crippen LogP contribution in [-0.4, -0.2) is 75.0 Å². The van der Waals surface area contributed by atoms with E-state index in [0.29, 0.717) is 12.6 Å². The smallest absolute Gasteiger partial charge is 0.193 e. The summed E-state index contributed by atoms with van der Waals surface area (Å²) >= 11 is 1.69.